The van der Waals surface area contributed by atoms with E-state index in [0.717, 1.165) is 18.1 Å². The van der Waals surface area contributed by atoms with E-state index in [1.165, 1.54) is 95.6 Å². The Bertz CT molecular complexity index is 334. The second-order valence-electron chi connectivity index (χ2n) is 8.69. The molecule has 0 aromatic carbocycles. The second-order valence-corrected chi connectivity index (χ2v) is 10.1. The zero-order valence-corrected chi connectivity index (χ0v) is 22.7. The molecule has 0 aliphatic heterocycles. The molecule has 0 aliphatic rings. The Hall–Kier alpha value is 0.230. The molecule has 0 amide bonds. The Balaban J connectivity index is 4.11. The van der Waals surface area contributed by atoms with Gasteiger partial charge in [-0.3, -0.25) is 0 Å². The molecule has 1 unspecified atom stereocenters. The van der Waals surface area contributed by atoms with E-state index in [9.17, 15) is 0 Å². The van der Waals surface area contributed by atoms with Crippen molar-refractivity contribution < 1.29 is 14.2 Å². The van der Waals surface area contributed by atoms with Gasteiger partial charge in [0.15, 0.2) is 0 Å². The lowest BCUT2D eigenvalue weighted by atomic mass is 10.0. The molecule has 0 N–H and O–H groups in total. The van der Waals surface area contributed by atoms with Crippen LogP contribution in [0.25, 0.3) is 0 Å². The fourth-order valence-corrected chi connectivity index (χ4v) is 5.50. The van der Waals surface area contributed by atoms with Crippen LogP contribution in [0.3, 0.4) is 0 Å². The number of ether oxygens (including phenoxy) is 3. The third kappa shape index (κ3) is 18.4. The van der Waals surface area contributed by atoms with Crippen molar-refractivity contribution in [2.24, 2.45) is 0 Å². The largest absolute Gasteiger partial charge is 0.328 e. The summed E-state index contributed by atoms with van der Waals surface area (Å²) in [5, 5.41) is 0.872. The smallest absolute Gasteiger partial charge is 0.282 e. The SMILES string of the molecule is CCCCCCCCSC(CCCCC)CCCCCCC(OCC)(OCC)OCC. The summed E-state index contributed by atoms with van der Waals surface area (Å²) < 4.78 is 17.5. The molecule has 3 nitrogen and oxygen atoms in total. The summed E-state index contributed by atoms with van der Waals surface area (Å²) in [6.07, 6.45) is 21.2. The van der Waals surface area contributed by atoms with Crippen LogP contribution in [0.15, 0.2) is 0 Å². The number of hydrogen-bond acceptors (Lipinski definition) is 4. The van der Waals surface area contributed by atoms with Crippen molar-refractivity contribution >= 4 is 11.8 Å². The molecule has 0 rings (SSSR count). The number of rotatable bonds is 25. The van der Waals surface area contributed by atoms with Gasteiger partial charge in [0.2, 0.25) is 0 Å². The lowest BCUT2D eigenvalue weighted by Gasteiger charge is -2.32. The fourth-order valence-electron chi connectivity index (χ4n) is 4.13. The zero-order chi connectivity index (χ0) is 23.0. The molecule has 0 aromatic heterocycles. The normalized spacial score (nSPS) is 13.1. The van der Waals surface area contributed by atoms with Crippen LogP contribution in [0.2, 0.25) is 0 Å². The second kappa shape index (κ2) is 23.4. The van der Waals surface area contributed by atoms with Gasteiger partial charge in [0.1, 0.15) is 0 Å². The highest BCUT2D eigenvalue weighted by molar-refractivity contribution is 7.99. The molecular formula is C27H56O3S. The molecule has 0 saturated carbocycles. The minimum atomic E-state index is -0.825. The van der Waals surface area contributed by atoms with E-state index >= 15 is 0 Å². The monoisotopic (exact) mass is 460 g/mol. The highest BCUT2D eigenvalue weighted by Crippen LogP contribution is 2.27. The molecule has 0 spiro atoms. The number of thioether (sulfide) groups is 1. The zero-order valence-electron chi connectivity index (χ0n) is 21.9. The number of hydrogen-bond donors (Lipinski definition) is 0. The molecule has 4 heteroatoms. The summed E-state index contributed by atoms with van der Waals surface area (Å²) in [6.45, 7) is 12.5. The van der Waals surface area contributed by atoms with E-state index < -0.39 is 5.97 Å². The van der Waals surface area contributed by atoms with Gasteiger partial charge in [0.25, 0.3) is 5.97 Å². The predicted molar refractivity (Wildman–Crippen MR) is 139 cm³/mol. The maximum absolute atomic E-state index is 5.85. The van der Waals surface area contributed by atoms with Crippen LogP contribution in [-0.2, 0) is 14.2 Å². The maximum Gasteiger partial charge on any atom is 0.282 e. The third-order valence-electron chi connectivity index (χ3n) is 5.83. The third-order valence-corrected chi connectivity index (χ3v) is 7.30. The van der Waals surface area contributed by atoms with Crippen LogP contribution < -0.4 is 0 Å². The number of unbranched alkanes of at least 4 members (excludes halogenated alkanes) is 10. The van der Waals surface area contributed by atoms with Crippen LogP contribution in [0.4, 0.5) is 0 Å². The summed E-state index contributed by atoms with van der Waals surface area (Å²) >= 11 is 2.26. The molecule has 31 heavy (non-hydrogen) atoms. The van der Waals surface area contributed by atoms with Crippen molar-refractivity contribution in [2.45, 2.75) is 149 Å². The van der Waals surface area contributed by atoms with Gasteiger partial charge < -0.3 is 14.2 Å². The maximum atomic E-state index is 5.85. The first-order valence-electron chi connectivity index (χ1n) is 13.7. The van der Waals surface area contributed by atoms with Crippen molar-refractivity contribution in [3.05, 3.63) is 0 Å². The average Bonchev–Trinajstić information content (AvgIpc) is 2.75. The molecule has 0 saturated heterocycles. The summed E-state index contributed by atoms with van der Waals surface area (Å²) in [5.74, 6) is 0.538. The molecule has 1 atom stereocenters. The first-order valence-corrected chi connectivity index (χ1v) is 14.8. The van der Waals surface area contributed by atoms with E-state index in [4.69, 9.17) is 14.2 Å². The van der Waals surface area contributed by atoms with Crippen molar-refractivity contribution in [1.29, 1.82) is 0 Å². The molecule has 0 radical (unpaired) electrons. The van der Waals surface area contributed by atoms with E-state index in [1.807, 2.05) is 20.8 Å². The molecule has 0 bridgehead atoms. The fraction of sp³-hybridized carbons (Fsp3) is 1.00. The van der Waals surface area contributed by atoms with Gasteiger partial charge in [-0.1, -0.05) is 84.5 Å². The first-order chi connectivity index (χ1) is 15.2. The van der Waals surface area contributed by atoms with Crippen molar-refractivity contribution in [3.63, 3.8) is 0 Å². The van der Waals surface area contributed by atoms with Crippen molar-refractivity contribution in [2.75, 3.05) is 25.6 Å². The predicted octanol–water partition coefficient (Wildman–Crippen LogP) is 9.13. The van der Waals surface area contributed by atoms with Gasteiger partial charge in [-0.05, 0) is 52.2 Å². The van der Waals surface area contributed by atoms with Gasteiger partial charge in [-0.25, -0.2) is 0 Å². The Morgan fingerprint density at radius 1 is 0.548 bits per heavy atom. The van der Waals surface area contributed by atoms with Crippen LogP contribution in [0.1, 0.15) is 137 Å². The summed E-state index contributed by atoms with van der Waals surface area (Å²) in [7, 11) is 0. The van der Waals surface area contributed by atoms with E-state index in [0.29, 0.717) is 19.8 Å². The van der Waals surface area contributed by atoms with Crippen LogP contribution in [0, 0.1) is 0 Å². The van der Waals surface area contributed by atoms with Gasteiger partial charge in [-0.2, -0.15) is 11.8 Å². The lowest BCUT2D eigenvalue weighted by molar-refractivity contribution is -0.380. The van der Waals surface area contributed by atoms with Crippen molar-refractivity contribution in [3.8, 4) is 0 Å². The van der Waals surface area contributed by atoms with Gasteiger partial charge >= 0.3 is 0 Å². The van der Waals surface area contributed by atoms with Gasteiger partial charge in [0, 0.05) is 31.5 Å². The lowest BCUT2D eigenvalue weighted by Crippen LogP contribution is -2.39. The van der Waals surface area contributed by atoms with Crippen LogP contribution in [0.5, 0.6) is 0 Å². The quantitative estimate of drug-likeness (QED) is 0.100. The molecular weight excluding hydrogens is 404 g/mol. The van der Waals surface area contributed by atoms with Gasteiger partial charge in [-0.15, -0.1) is 0 Å². The van der Waals surface area contributed by atoms with E-state index in [1.54, 1.807) is 0 Å². The van der Waals surface area contributed by atoms with E-state index in [-0.39, 0.29) is 0 Å². The Labute approximate surface area is 200 Å². The summed E-state index contributed by atoms with van der Waals surface area (Å²) in [6, 6.07) is 0. The minimum absolute atomic E-state index is 0.620. The molecule has 188 valence electrons. The molecule has 0 aliphatic carbocycles. The molecule has 0 heterocycles. The Morgan fingerprint density at radius 3 is 1.58 bits per heavy atom. The summed E-state index contributed by atoms with van der Waals surface area (Å²) in [4.78, 5) is 0. The minimum Gasteiger partial charge on any atom is -0.328 e. The topological polar surface area (TPSA) is 27.7 Å². The Morgan fingerprint density at radius 2 is 1.00 bits per heavy atom. The standard InChI is InChI=1S/C27H56O3S/c1-6-11-13-14-17-21-25-31-26(22-18-12-7-2)23-19-15-16-20-24-27(28-8-3,29-9-4)30-10-5/h26H,6-25H2,1-5H3. The summed E-state index contributed by atoms with van der Waals surface area (Å²) in [5.41, 5.74) is 0. The first kappa shape index (κ1) is 31.2. The average molecular weight is 461 g/mol. The molecule has 0 fully saturated rings. The molecule has 0 aromatic rings. The van der Waals surface area contributed by atoms with Crippen LogP contribution >= 0.6 is 11.8 Å². The van der Waals surface area contributed by atoms with Crippen LogP contribution in [-0.4, -0.2) is 36.8 Å². The van der Waals surface area contributed by atoms with E-state index in [2.05, 4.69) is 25.6 Å². The highest BCUT2D eigenvalue weighted by Gasteiger charge is 2.31. The van der Waals surface area contributed by atoms with Gasteiger partial charge in [0.05, 0.1) is 0 Å². The Kier molecular flexibility index (Phi) is 23.6. The van der Waals surface area contributed by atoms with Crippen molar-refractivity contribution in [1.82, 2.24) is 0 Å². The highest BCUT2D eigenvalue weighted by atomic mass is 32.2.